The molecule has 12 heavy (non-hydrogen) atoms. The Kier molecular flexibility index (Phi) is 2.33. The van der Waals surface area contributed by atoms with Crippen LogP contribution < -0.4 is 0 Å². The molecule has 0 fully saturated rings. The standard InChI is InChI=1S/C8H7ClO3/c1-4-7(9)5(10)3-6(12-2)8(4)11/h3H,1-2H3. The average Bonchev–Trinajstić information content (AvgIpc) is 2.08. The van der Waals surface area contributed by atoms with Crippen molar-refractivity contribution in [3.63, 3.8) is 0 Å². The lowest BCUT2D eigenvalue weighted by Gasteiger charge is -2.10. The van der Waals surface area contributed by atoms with Gasteiger partial charge in [0.25, 0.3) is 0 Å². The average molecular weight is 187 g/mol. The molecule has 64 valence electrons. The van der Waals surface area contributed by atoms with Crippen LogP contribution in [0, 0.1) is 0 Å². The molecule has 1 aliphatic carbocycles. The summed E-state index contributed by atoms with van der Waals surface area (Å²) in [4.78, 5) is 22.2. The highest BCUT2D eigenvalue weighted by Crippen LogP contribution is 2.21. The van der Waals surface area contributed by atoms with E-state index in [1.54, 1.807) is 0 Å². The van der Waals surface area contributed by atoms with E-state index in [-0.39, 0.29) is 27.9 Å². The highest BCUT2D eigenvalue weighted by Gasteiger charge is 2.24. The van der Waals surface area contributed by atoms with E-state index in [0.717, 1.165) is 6.08 Å². The number of ether oxygens (including phenoxy) is 1. The Hall–Kier alpha value is -1.09. The first-order chi connectivity index (χ1) is 5.57. The number of allylic oxidation sites excluding steroid dienone is 3. The maximum absolute atomic E-state index is 11.2. The first-order valence-corrected chi connectivity index (χ1v) is 3.66. The number of Topliss-reactive ketones (excluding diaryl/α,β-unsaturated/α-hetero) is 1. The van der Waals surface area contributed by atoms with Crippen molar-refractivity contribution in [1.29, 1.82) is 0 Å². The number of rotatable bonds is 1. The predicted octanol–water partition coefficient (Wildman–Crippen LogP) is 1.18. The van der Waals surface area contributed by atoms with Crippen molar-refractivity contribution in [2.45, 2.75) is 6.92 Å². The van der Waals surface area contributed by atoms with Crippen LogP contribution in [0.3, 0.4) is 0 Å². The zero-order chi connectivity index (χ0) is 9.30. The molecule has 0 saturated heterocycles. The van der Waals surface area contributed by atoms with Crippen LogP contribution in [0.25, 0.3) is 0 Å². The third kappa shape index (κ3) is 1.28. The van der Waals surface area contributed by atoms with Crippen LogP contribution in [-0.2, 0) is 14.3 Å². The molecule has 1 rings (SSSR count). The Labute approximate surface area is 74.6 Å². The minimum Gasteiger partial charge on any atom is -0.493 e. The van der Waals surface area contributed by atoms with E-state index in [1.807, 2.05) is 0 Å². The number of carbonyl (C=O) groups is 2. The van der Waals surface area contributed by atoms with Crippen LogP contribution in [0.15, 0.2) is 22.4 Å². The Morgan fingerprint density at radius 1 is 1.42 bits per heavy atom. The van der Waals surface area contributed by atoms with Gasteiger partial charge >= 0.3 is 0 Å². The normalized spacial score (nSPS) is 18.1. The number of carbonyl (C=O) groups excluding carboxylic acids is 2. The smallest absolute Gasteiger partial charge is 0.225 e. The summed E-state index contributed by atoms with van der Waals surface area (Å²) >= 11 is 5.54. The van der Waals surface area contributed by atoms with E-state index in [2.05, 4.69) is 0 Å². The van der Waals surface area contributed by atoms with Gasteiger partial charge in [-0.15, -0.1) is 0 Å². The van der Waals surface area contributed by atoms with Gasteiger partial charge in [-0.3, -0.25) is 9.59 Å². The summed E-state index contributed by atoms with van der Waals surface area (Å²) < 4.78 is 4.69. The SMILES string of the molecule is COC1=CC(=O)C(Cl)=C(C)C1=O. The fraction of sp³-hybridized carbons (Fsp3) is 0.250. The van der Waals surface area contributed by atoms with Gasteiger partial charge in [0.2, 0.25) is 11.6 Å². The maximum Gasteiger partial charge on any atom is 0.225 e. The Morgan fingerprint density at radius 3 is 2.50 bits per heavy atom. The van der Waals surface area contributed by atoms with E-state index in [9.17, 15) is 9.59 Å². The van der Waals surface area contributed by atoms with Crippen molar-refractivity contribution in [3.05, 3.63) is 22.4 Å². The summed E-state index contributed by atoms with van der Waals surface area (Å²) in [6.45, 7) is 1.49. The van der Waals surface area contributed by atoms with Crippen molar-refractivity contribution in [2.24, 2.45) is 0 Å². The number of ketones is 2. The molecule has 3 nitrogen and oxygen atoms in total. The van der Waals surface area contributed by atoms with Gasteiger partial charge in [-0.2, -0.15) is 0 Å². The van der Waals surface area contributed by atoms with Crippen molar-refractivity contribution in [2.75, 3.05) is 7.11 Å². The van der Waals surface area contributed by atoms with Gasteiger partial charge in [0.05, 0.1) is 12.1 Å². The van der Waals surface area contributed by atoms with Crippen LogP contribution >= 0.6 is 11.6 Å². The monoisotopic (exact) mass is 186 g/mol. The van der Waals surface area contributed by atoms with E-state index >= 15 is 0 Å². The number of hydrogen-bond acceptors (Lipinski definition) is 3. The largest absolute Gasteiger partial charge is 0.493 e. The molecule has 0 aromatic carbocycles. The van der Waals surface area contributed by atoms with Crippen LogP contribution in [-0.4, -0.2) is 18.7 Å². The minimum absolute atomic E-state index is 0.0270. The quantitative estimate of drug-likeness (QED) is 0.578. The Morgan fingerprint density at radius 2 is 2.00 bits per heavy atom. The van der Waals surface area contributed by atoms with E-state index in [0.29, 0.717) is 0 Å². The number of halogens is 1. The van der Waals surface area contributed by atoms with Crippen LogP contribution in [0.4, 0.5) is 0 Å². The summed E-state index contributed by atoms with van der Waals surface area (Å²) in [6.07, 6.45) is 1.09. The molecule has 0 spiro atoms. The zero-order valence-corrected chi connectivity index (χ0v) is 7.44. The topological polar surface area (TPSA) is 43.4 Å². The Balaban J connectivity index is 3.13. The summed E-state index contributed by atoms with van der Waals surface area (Å²) in [7, 11) is 1.34. The van der Waals surface area contributed by atoms with Gasteiger partial charge in [0.1, 0.15) is 0 Å². The fourth-order valence-electron chi connectivity index (χ4n) is 0.869. The lowest BCUT2D eigenvalue weighted by molar-refractivity contribution is -0.117. The van der Waals surface area contributed by atoms with Gasteiger partial charge in [-0.05, 0) is 6.92 Å². The molecule has 0 saturated carbocycles. The molecule has 0 bridgehead atoms. The lowest BCUT2D eigenvalue weighted by Crippen LogP contribution is -2.16. The molecular weight excluding hydrogens is 180 g/mol. The van der Waals surface area contributed by atoms with E-state index in [1.165, 1.54) is 14.0 Å². The van der Waals surface area contributed by atoms with Gasteiger partial charge in [-0.1, -0.05) is 11.6 Å². The molecule has 1 aliphatic rings. The zero-order valence-electron chi connectivity index (χ0n) is 6.68. The first-order valence-electron chi connectivity index (χ1n) is 3.29. The second kappa shape index (κ2) is 3.11. The third-order valence-electron chi connectivity index (χ3n) is 1.59. The van der Waals surface area contributed by atoms with Gasteiger partial charge in [0, 0.05) is 11.6 Å². The van der Waals surface area contributed by atoms with Gasteiger partial charge in [-0.25, -0.2) is 0 Å². The molecule has 4 heteroatoms. The van der Waals surface area contributed by atoms with Crippen molar-refractivity contribution < 1.29 is 14.3 Å². The minimum atomic E-state index is -0.384. The molecule has 0 amide bonds. The molecule has 0 aromatic rings. The molecule has 0 radical (unpaired) electrons. The molecule has 0 atom stereocenters. The lowest BCUT2D eigenvalue weighted by atomic mass is 10.0. The third-order valence-corrected chi connectivity index (χ3v) is 2.06. The van der Waals surface area contributed by atoms with Crippen LogP contribution in [0.1, 0.15) is 6.92 Å². The molecule has 0 unspecified atom stereocenters. The maximum atomic E-state index is 11.2. The van der Waals surface area contributed by atoms with Crippen molar-refractivity contribution in [1.82, 2.24) is 0 Å². The Bertz CT molecular complexity index is 312. The molecule has 0 aliphatic heterocycles. The number of methoxy groups -OCH3 is 1. The summed E-state index contributed by atoms with van der Waals surface area (Å²) in [5, 5.41) is -0.0270. The predicted molar refractivity (Wildman–Crippen MR) is 43.7 cm³/mol. The highest BCUT2D eigenvalue weighted by molar-refractivity contribution is 6.48. The summed E-state index contributed by atoms with van der Waals surface area (Å²) in [5.74, 6) is -0.672. The van der Waals surface area contributed by atoms with Crippen LogP contribution in [0.5, 0.6) is 0 Å². The van der Waals surface area contributed by atoms with Crippen molar-refractivity contribution >= 4 is 23.2 Å². The first kappa shape index (κ1) is 9.00. The van der Waals surface area contributed by atoms with Gasteiger partial charge in [0.15, 0.2) is 5.76 Å². The fourth-order valence-corrected chi connectivity index (χ4v) is 1.01. The number of hydrogen-bond donors (Lipinski definition) is 0. The van der Waals surface area contributed by atoms with E-state index < -0.39 is 0 Å². The summed E-state index contributed by atoms with van der Waals surface area (Å²) in [6, 6.07) is 0. The second-order valence-corrected chi connectivity index (χ2v) is 2.72. The van der Waals surface area contributed by atoms with Crippen LogP contribution in [0.2, 0.25) is 0 Å². The molecule has 0 N–H and O–H groups in total. The summed E-state index contributed by atoms with van der Waals surface area (Å²) in [5.41, 5.74) is 0.237. The highest BCUT2D eigenvalue weighted by atomic mass is 35.5. The second-order valence-electron chi connectivity index (χ2n) is 2.35. The van der Waals surface area contributed by atoms with Gasteiger partial charge < -0.3 is 4.74 Å². The van der Waals surface area contributed by atoms with Crippen molar-refractivity contribution in [3.8, 4) is 0 Å². The van der Waals surface area contributed by atoms with E-state index in [4.69, 9.17) is 16.3 Å². The molecular formula is C8H7ClO3. The molecule has 0 heterocycles. The molecule has 0 aromatic heterocycles.